The summed E-state index contributed by atoms with van der Waals surface area (Å²) in [5.74, 6) is -1.63. The first-order valence-electron chi connectivity index (χ1n) is 5.63. The summed E-state index contributed by atoms with van der Waals surface area (Å²) in [4.78, 5) is 10.5. The Morgan fingerprint density at radius 3 is 3.05 bits per heavy atom. The molecule has 0 bridgehead atoms. The first kappa shape index (κ1) is 13.5. The zero-order valence-electron chi connectivity index (χ0n) is 10.2. The highest BCUT2D eigenvalue weighted by Crippen LogP contribution is 2.18. The van der Waals surface area contributed by atoms with Gasteiger partial charge >= 0.3 is 5.97 Å². The van der Waals surface area contributed by atoms with E-state index in [1.165, 1.54) is 23.0 Å². The summed E-state index contributed by atoms with van der Waals surface area (Å²) in [6, 6.07) is 6.03. The second-order valence-electron chi connectivity index (χ2n) is 3.93. The Hall–Kier alpha value is -2.95. The molecule has 2 aromatic rings. The predicted octanol–water partition coefficient (Wildman–Crippen LogP) is 0.986. The van der Waals surface area contributed by atoms with Gasteiger partial charge in [-0.25, -0.2) is 9.07 Å². The fourth-order valence-electron chi connectivity index (χ4n) is 1.61. The first-order chi connectivity index (χ1) is 9.60. The second kappa shape index (κ2) is 5.79. The number of aromatic nitrogens is 3. The highest BCUT2D eigenvalue weighted by atomic mass is 19.1. The van der Waals surface area contributed by atoms with Gasteiger partial charge in [-0.1, -0.05) is 11.3 Å². The van der Waals surface area contributed by atoms with Gasteiger partial charge in [-0.05, 0) is 12.1 Å². The van der Waals surface area contributed by atoms with E-state index >= 15 is 0 Å². The van der Waals surface area contributed by atoms with E-state index in [2.05, 4.69) is 15.6 Å². The molecule has 0 saturated heterocycles. The number of benzene rings is 1. The van der Waals surface area contributed by atoms with E-state index < -0.39 is 11.8 Å². The second-order valence-corrected chi connectivity index (χ2v) is 3.93. The highest BCUT2D eigenvalue weighted by Gasteiger charge is 2.09. The lowest BCUT2D eigenvalue weighted by molar-refractivity contribution is -0.137. The zero-order valence-corrected chi connectivity index (χ0v) is 10.2. The van der Waals surface area contributed by atoms with Crippen LogP contribution in [0, 0.1) is 17.1 Å². The molecule has 20 heavy (non-hydrogen) atoms. The fraction of sp³-hybridized carbons (Fsp3) is 0.167. The van der Waals surface area contributed by atoms with Crippen LogP contribution in [0.2, 0.25) is 0 Å². The third-order valence-corrected chi connectivity index (χ3v) is 2.47. The standard InChI is InChI=1S/C12H10FN5O2/c13-10-2-1-3-11(9(10)4-14)15-5-8-6-18(17-16-8)7-12(19)20/h1-3,6,15H,5,7H2,(H,19,20). The minimum Gasteiger partial charge on any atom is -0.480 e. The Kier molecular flexibility index (Phi) is 3.91. The number of hydrogen-bond acceptors (Lipinski definition) is 5. The summed E-state index contributed by atoms with van der Waals surface area (Å²) in [5.41, 5.74) is 0.755. The molecule has 0 aliphatic heterocycles. The van der Waals surface area contributed by atoms with Crippen LogP contribution in [0.5, 0.6) is 0 Å². The summed E-state index contributed by atoms with van der Waals surface area (Å²) in [5, 5.41) is 27.7. The maximum absolute atomic E-state index is 13.4. The molecular weight excluding hydrogens is 265 g/mol. The number of nitrogens with one attached hydrogen (secondary N) is 1. The van der Waals surface area contributed by atoms with Crippen LogP contribution in [0.1, 0.15) is 11.3 Å². The van der Waals surface area contributed by atoms with Crippen LogP contribution in [0.25, 0.3) is 0 Å². The summed E-state index contributed by atoms with van der Waals surface area (Å²) in [7, 11) is 0. The van der Waals surface area contributed by atoms with Crippen LogP contribution in [-0.4, -0.2) is 26.1 Å². The van der Waals surface area contributed by atoms with Crippen molar-refractivity contribution in [2.75, 3.05) is 5.32 Å². The maximum Gasteiger partial charge on any atom is 0.325 e. The molecule has 1 aromatic carbocycles. The highest BCUT2D eigenvalue weighted by molar-refractivity contribution is 5.66. The van der Waals surface area contributed by atoms with E-state index in [-0.39, 0.29) is 18.7 Å². The number of carboxylic acids is 1. The minimum absolute atomic E-state index is 0.0783. The number of carboxylic acid groups (broad SMARTS) is 1. The monoisotopic (exact) mass is 275 g/mol. The van der Waals surface area contributed by atoms with Crippen molar-refractivity contribution in [2.45, 2.75) is 13.1 Å². The van der Waals surface area contributed by atoms with Gasteiger partial charge in [-0.15, -0.1) is 5.10 Å². The van der Waals surface area contributed by atoms with Gasteiger partial charge in [0, 0.05) is 0 Å². The molecule has 1 heterocycles. The molecule has 2 rings (SSSR count). The molecular formula is C12H10FN5O2. The van der Waals surface area contributed by atoms with Crippen LogP contribution < -0.4 is 5.32 Å². The number of halogens is 1. The van der Waals surface area contributed by atoms with Crippen molar-refractivity contribution in [1.82, 2.24) is 15.0 Å². The molecule has 0 unspecified atom stereocenters. The van der Waals surface area contributed by atoms with Crippen molar-refractivity contribution < 1.29 is 14.3 Å². The van der Waals surface area contributed by atoms with E-state index in [4.69, 9.17) is 10.4 Å². The lowest BCUT2D eigenvalue weighted by Gasteiger charge is -2.06. The fourth-order valence-corrected chi connectivity index (χ4v) is 1.61. The van der Waals surface area contributed by atoms with Crippen LogP contribution in [0.4, 0.5) is 10.1 Å². The van der Waals surface area contributed by atoms with Crippen LogP contribution in [-0.2, 0) is 17.9 Å². The van der Waals surface area contributed by atoms with Gasteiger partial charge in [-0.3, -0.25) is 4.79 Å². The number of nitrogens with zero attached hydrogens (tertiary/aromatic N) is 4. The third kappa shape index (κ3) is 3.08. The van der Waals surface area contributed by atoms with Gasteiger partial charge < -0.3 is 10.4 Å². The number of aliphatic carboxylic acids is 1. The van der Waals surface area contributed by atoms with E-state index in [1.54, 1.807) is 12.1 Å². The molecule has 0 aliphatic rings. The van der Waals surface area contributed by atoms with Gasteiger partial charge in [0.25, 0.3) is 0 Å². The number of hydrogen-bond donors (Lipinski definition) is 2. The Morgan fingerprint density at radius 2 is 2.35 bits per heavy atom. The Labute approximate surface area is 113 Å². The van der Waals surface area contributed by atoms with Crippen molar-refractivity contribution >= 4 is 11.7 Å². The van der Waals surface area contributed by atoms with Gasteiger partial charge in [0.2, 0.25) is 0 Å². The number of nitriles is 1. The van der Waals surface area contributed by atoms with Crippen molar-refractivity contribution in [1.29, 1.82) is 5.26 Å². The molecule has 8 heteroatoms. The average Bonchev–Trinajstić information content (AvgIpc) is 2.83. The first-order valence-corrected chi connectivity index (χ1v) is 5.63. The SMILES string of the molecule is N#Cc1c(F)cccc1NCc1cn(CC(=O)O)nn1. The summed E-state index contributed by atoms with van der Waals surface area (Å²) in [6.45, 7) is -0.0752. The molecule has 0 aliphatic carbocycles. The molecule has 102 valence electrons. The van der Waals surface area contributed by atoms with E-state index in [0.717, 1.165) is 0 Å². The number of carbonyl (C=O) groups is 1. The van der Waals surface area contributed by atoms with E-state index in [0.29, 0.717) is 11.4 Å². The molecule has 0 saturated carbocycles. The third-order valence-electron chi connectivity index (χ3n) is 2.47. The molecule has 2 N–H and O–H groups in total. The normalized spacial score (nSPS) is 10.0. The lowest BCUT2D eigenvalue weighted by Crippen LogP contribution is -2.09. The van der Waals surface area contributed by atoms with Crippen molar-refractivity contribution in [3.05, 3.63) is 41.5 Å². The van der Waals surface area contributed by atoms with Crippen LogP contribution in [0.3, 0.4) is 0 Å². The minimum atomic E-state index is -1.02. The number of anilines is 1. The van der Waals surface area contributed by atoms with Gasteiger partial charge in [0.05, 0.1) is 18.4 Å². The molecule has 7 nitrogen and oxygen atoms in total. The van der Waals surface area contributed by atoms with Crippen molar-refractivity contribution in [3.8, 4) is 6.07 Å². The molecule has 0 amide bonds. The number of rotatable bonds is 5. The topological polar surface area (TPSA) is 104 Å². The molecule has 0 fully saturated rings. The van der Waals surface area contributed by atoms with Crippen molar-refractivity contribution in [3.63, 3.8) is 0 Å². The average molecular weight is 275 g/mol. The van der Waals surface area contributed by atoms with Crippen LogP contribution >= 0.6 is 0 Å². The molecule has 0 atom stereocenters. The van der Waals surface area contributed by atoms with E-state index in [9.17, 15) is 9.18 Å². The van der Waals surface area contributed by atoms with Gasteiger partial charge in [-0.2, -0.15) is 5.26 Å². The molecule has 0 radical (unpaired) electrons. The van der Waals surface area contributed by atoms with Gasteiger partial charge in [0.1, 0.15) is 29.7 Å². The lowest BCUT2D eigenvalue weighted by atomic mass is 10.2. The zero-order chi connectivity index (χ0) is 14.5. The Balaban J connectivity index is 2.06. The summed E-state index contributed by atoms with van der Waals surface area (Å²) < 4.78 is 14.5. The van der Waals surface area contributed by atoms with Crippen molar-refractivity contribution in [2.24, 2.45) is 0 Å². The van der Waals surface area contributed by atoms with E-state index in [1.807, 2.05) is 0 Å². The van der Waals surface area contributed by atoms with Gasteiger partial charge in [0.15, 0.2) is 0 Å². The Morgan fingerprint density at radius 1 is 1.55 bits per heavy atom. The Bertz CT molecular complexity index is 677. The summed E-state index contributed by atoms with van der Waals surface area (Å²) in [6.07, 6.45) is 1.46. The quantitative estimate of drug-likeness (QED) is 0.843. The largest absolute Gasteiger partial charge is 0.480 e. The summed E-state index contributed by atoms with van der Waals surface area (Å²) >= 11 is 0. The smallest absolute Gasteiger partial charge is 0.325 e. The molecule has 0 spiro atoms. The predicted molar refractivity (Wildman–Crippen MR) is 66.1 cm³/mol. The molecule has 1 aromatic heterocycles. The maximum atomic E-state index is 13.4. The van der Waals surface area contributed by atoms with Crippen LogP contribution in [0.15, 0.2) is 24.4 Å².